The van der Waals surface area contributed by atoms with E-state index in [9.17, 15) is 0 Å². The maximum absolute atomic E-state index is 5.20. The third-order valence-corrected chi connectivity index (χ3v) is 4.49. The normalized spacial score (nSPS) is 12.4. The lowest BCUT2D eigenvalue weighted by Gasteiger charge is -2.17. The summed E-state index contributed by atoms with van der Waals surface area (Å²) in [5.41, 5.74) is 3.45. The van der Waals surface area contributed by atoms with Crippen LogP contribution in [-0.4, -0.2) is 23.3 Å². The number of hydrogen-bond acceptors (Lipinski definition) is 3. The number of nitrogens with one attached hydrogen (secondary N) is 1. The third-order valence-electron chi connectivity index (χ3n) is 3.24. The number of imidazole rings is 1. The van der Waals surface area contributed by atoms with Crippen LogP contribution in [0.25, 0.3) is 0 Å². The van der Waals surface area contributed by atoms with Gasteiger partial charge >= 0.3 is 0 Å². The number of nitrogens with zero attached hydrogens (tertiary/aromatic N) is 2. The van der Waals surface area contributed by atoms with Crippen molar-refractivity contribution in [3.63, 3.8) is 0 Å². The third kappa shape index (κ3) is 3.22. The number of rotatable bonds is 5. The first-order valence-corrected chi connectivity index (χ1v) is 7.37. The molecule has 0 saturated heterocycles. The first-order chi connectivity index (χ1) is 9.52. The molecule has 0 aliphatic heterocycles. The lowest BCUT2D eigenvalue weighted by Crippen LogP contribution is -2.12. The van der Waals surface area contributed by atoms with Crippen LogP contribution in [0, 0.1) is 13.8 Å². The molecule has 2 rings (SSSR count). The summed E-state index contributed by atoms with van der Waals surface area (Å²) in [5.74, 6) is 0.829. The molecule has 0 aliphatic rings. The van der Waals surface area contributed by atoms with Crippen molar-refractivity contribution in [3.05, 3.63) is 40.1 Å². The van der Waals surface area contributed by atoms with E-state index in [2.05, 4.69) is 63.7 Å². The maximum atomic E-state index is 5.20. The number of ether oxygens (including phenoxy) is 1. The Morgan fingerprint density at radius 3 is 2.60 bits per heavy atom. The monoisotopic (exact) mass is 337 g/mol. The summed E-state index contributed by atoms with van der Waals surface area (Å²) in [6.07, 6.45) is 3.76. The van der Waals surface area contributed by atoms with E-state index < -0.39 is 0 Å². The number of anilines is 2. The van der Waals surface area contributed by atoms with E-state index in [1.54, 1.807) is 13.3 Å². The molecule has 0 aliphatic carbocycles. The van der Waals surface area contributed by atoms with Gasteiger partial charge in [-0.1, -0.05) is 15.9 Å². The average molecular weight is 338 g/mol. The van der Waals surface area contributed by atoms with Gasteiger partial charge in [0.25, 0.3) is 0 Å². The van der Waals surface area contributed by atoms with Gasteiger partial charge < -0.3 is 14.6 Å². The molecule has 20 heavy (non-hydrogen) atoms. The first kappa shape index (κ1) is 15.1. The number of benzene rings is 1. The quantitative estimate of drug-likeness (QED) is 0.887. The number of aromatic nitrogens is 2. The molecule has 1 aromatic heterocycles. The molecule has 0 amide bonds. The molecule has 0 spiro atoms. The lowest BCUT2D eigenvalue weighted by atomic mass is 10.1. The highest BCUT2D eigenvalue weighted by molar-refractivity contribution is 9.10. The van der Waals surface area contributed by atoms with Crippen LogP contribution in [-0.2, 0) is 4.74 Å². The number of methoxy groups -OCH3 is 1. The molecular formula is C15H20BrN3O. The highest BCUT2D eigenvalue weighted by Crippen LogP contribution is 2.27. The van der Waals surface area contributed by atoms with E-state index >= 15 is 0 Å². The molecular weight excluding hydrogens is 318 g/mol. The minimum Gasteiger partial charge on any atom is -0.383 e. The summed E-state index contributed by atoms with van der Waals surface area (Å²) < 4.78 is 8.44. The Balaban J connectivity index is 2.25. The van der Waals surface area contributed by atoms with E-state index in [1.165, 1.54) is 11.1 Å². The summed E-state index contributed by atoms with van der Waals surface area (Å²) in [6.45, 7) is 6.93. The summed E-state index contributed by atoms with van der Waals surface area (Å²) in [4.78, 5) is 4.38. The molecule has 108 valence electrons. The summed E-state index contributed by atoms with van der Waals surface area (Å²) >= 11 is 3.58. The van der Waals surface area contributed by atoms with Gasteiger partial charge in [0, 0.05) is 29.7 Å². The molecule has 1 aromatic carbocycles. The van der Waals surface area contributed by atoms with Crippen LogP contribution >= 0.6 is 15.9 Å². The van der Waals surface area contributed by atoms with Crippen LogP contribution in [0.5, 0.6) is 0 Å². The van der Waals surface area contributed by atoms with E-state index in [4.69, 9.17) is 4.74 Å². The van der Waals surface area contributed by atoms with Crippen LogP contribution in [0.1, 0.15) is 24.1 Å². The topological polar surface area (TPSA) is 39.1 Å². The molecule has 0 saturated carbocycles. The van der Waals surface area contributed by atoms with Crippen molar-refractivity contribution in [3.8, 4) is 0 Å². The Morgan fingerprint density at radius 1 is 1.35 bits per heavy atom. The largest absolute Gasteiger partial charge is 0.383 e. The number of hydrogen-bond donors (Lipinski definition) is 1. The van der Waals surface area contributed by atoms with E-state index in [-0.39, 0.29) is 6.04 Å². The fraction of sp³-hybridized carbons (Fsp3) is 0.400. The van der Waals surface area contributed by atoms with Crippen LogP contribution in [0.15, 0.2) is 29.0 Å². The highest BCUT2D eigenvalue weighted by Gasteiger charge is 2.11. The van der Waals surface area contributed by atoms with Gasteiger partial charge in [-0.15, -0.1) is 0 Å². The molecule has 1 heterocycles. The minimum atomic E-state index is 0.239. The van der Waals surface area contributed by atoms with E-state index in [0.717, 1.165) is 16.1 Å². The lowest BCUT2D eigenvalue weighted by molar-refractivity contribution is 0.163. The molecule has 2 aromatic rings. The number of halogens is 1. The Hall–Kier alpha value is -1.33. The van der Waals surface area contributed by atoms with Gasteiger partial charge in [0.2, 0.25) is 5.95 Å². The second kappa shape index (κ2) is 6.41. The fourth-order valence-electron chi connectivity index (χ4n) is 2.23. The zero-order valence-electron chi connectivity index (χ0n) is 12.3. The molecule has 0 fully saturated rings. The van der Waals surface area contributed by atoms with Crippen molar-refractivity contribution < 1.29 is 4.74 Å². The van der Waals surface area contributed by atoms with Gasteiger partial charge in [-0.3, -0.25) is 0 Å². The smallest absolute Gasteiger partial charge is 0.207 e. The zero-order chi connectivity index (χ0) is 14.7. The Bertz CT molecular complexity index is 572. The Kier molecular flexibility index (Phi) is 4.83. The standard InChI is InChI=1S/C15H20BrN3O/c1-10-7-13(8-11(2)14(10)16)18-15-17-5-6-19(15)12(3)9-20-4/h5-8,12H,9H2,1-4H3,(H,17,18). The fourth-order valence-corrected chi connectivity index (χ4v) is 2.46. The highest BCUT2D eigenvalue weighted by atomic mass is 79.9. The van der Waals surface area contributed by atoms with Crippen LogP contribution < -0.4 is 5.32 Å². The van der Waals surface area contributed by atoms with Crippen molar-refractivity contribution in [1.29, 1.82) is 0 Å². The van der Waals surface area contributed by atoms with Crippen LogP contribution in [0.2, 0.25) is 0 Å². The van der Waals surface area contributed by atoms with Gasteiger partial charge in [0.05, 0.1) is 12.6 Å². The molecule has 4 nitrogen and oxygen atoms in total. The zero-order valence-corrected chi connectivity index (χ0v) is 13.9. The molecule has 1 unspecified atom stereocenters. The van der Waals surface area contributed by atoms with Crippen molar-refractivity contribution in [2.45, 2.75) is 26.8 Å². The van der Waals surface area contributed by atoms with Gasteiger partial charge in [0.15, 0.2) is 0 Å². The Morgan fingerprint density at radius 2 is 2.00 bits per heavy atom. The average Bonchev–Trinajstić information content (AvgIpc) is 2.84. The molecule has 5 heteroatoms. The van der Waals surface area contributed by atoms with Crippen molar-refractivity contribution in [2.24, 2.45) is 0 Å². The SMILES string of the molecule is COCC(C)n1ccnc1Nc1cc(C)c(Br)c(C)c1. The predicted molar refractivity (Wildman–Crippen MR) is 85.7 cm³/mol. The summed E-state index contributed by atoms with van der Waals surface area (Å²) in [5, 5.41) is 3.38. The van der Waals surface area contributed by atoms with Gasteiger partial charge in [-0.05, 0) is 44.0 Å². The van der Waals surface area contributed by atoms with Crippen molar-refractivity contribution >= 4 is 27.6 Å². The number of aryl methyl sites for hydroxylation is 2. The van der Waals surface area contributed by atoms with Gasteiger partial charge in [-0.25, -0.2) is 4.98 Å². The molecule has 0 bridgehead atoms. The molecule has 1 atom stereocenters. The van der Waals surface area contributed by atoms with Crippen molar-refractivity contribution in [1.82, 2.24) is 9.55 Å². The predicted octanol–water partition coefficient (Wildman–Crippen LogP) is 4.21. The van der Waals surface area contributed by atoms with Gasteiger partial charge in [-0.2, -0.15) is 0 Å². The van der Waals surface area contributed by atoms with Crippen LogP contribution in [0.3, 0.4) is 0 Å². The Labute approximate surface area is 128 Å². The van der Waals surface area contributed by atoms with Crippen molar-refractivity contribution in [2.75, 3.05) is 19.0 Å². The first-order valence-electron chi connectivity index (χ1n) is 6.58. The van der Waals surface area contributed by atoms with Gasteiger partial charge in [0.1, 0.15) is 0 Å². The second-order valence-corrected chi connectivity index (χ2v) is 5.80. The maximum Gasteiger partial charge on any atom is 0.207 e. The summed E-state index contributed by atoms with van der Waals surface area (Å²) in [7, 11) is 1.71. The van der Waals surface area contributed by atoms with E-state index in [0.29, 0.717) is 6.61 Å². The van der Waals surface area contributed by atoms with E-state index in [1.807, 2.05) is 6.20 Å². The molecule has 1 N–H and O–H groups in total. The molecule has 0 radical (unpaired) electrons. The minimum absolute atomic E-state index is 0.239. The summed E-state index contributed by atoms with van der Waals surface area (Å²) in [6, 6.07) is 4.46. The van der Waals surface area contributed by atoms with Crippen LogP contribution in [0.4, 0.5) is 11.6 Å². The second-order valence-electron chi connectivity index (χ2n) is 5.01.